The summed E-state index contributed by atoms with van der Waals surface area (Å²) in [4.78, 5) is 14.3. The van der Waals surface area contributed by atoms with Gasteiger partial charge in [0.2, 0.25) is 0 Å². The number of hydrogen-bond donors (Lipinski definition) is 2. The Labute approximate surface area is 93.9 Å². The van der Waals surface area contributed by atoms with Crippen LogP contribution in [0.15, 0.2) is 0 Å². The average molecular weight is 236 g/mol. The number of hydrogen-bond acceptors (Lipinski definition) is 1. The molecule has 1 aliphatic carbocycles. The molecular formula is C11H25O3P. The first-order valence-electron chi connectivity index (χ1n) is 6.05. The van der Waals surface area contributed by atoms with Crippen LogP contribution in [0.5, 0.6) is 0 Å². The maximum absolute atomic E-state index is 8.74. The molecule has 1 aliphatic rings. The van der Waals surface area contributed by atoms with Crippen molar-refractivity contribution in [1.29, 1.82) is 0 Å². The zero-order valence-electron chi connectivity index (χ0n) is 9.74. The van der Waals surface area contributed by atoms with Crippen LogP contribution < -0.4 is 0 Å². The van der Waals surface area contributed by atoms with Crippen molar-refractivity contribution in [2.75, 3.05) is 0 Å². The Balaban J connectivity index is 0.000000423. The first kappa shape index (κ1) is 15.2. The van der Waals surface area contributed by atoms with Crippen molar-refractivity contribution >= 4 is 8.25 Å². The molecule has 0 aromatic heterocycles. The molecule has 0 amide bonds. The molecule has 0 heterocycles. The number of rotatable bonds is 0. The molecule has 3 nitrogen and oxygen atoms in total. The third-order valence-electron chi connectivity index (χ3n) is 2.89. The molecule has 0 saturated heterocycles. The van der Waals surface area contributed by atoms with Crippen LogP contribution in [0.3, 0.4) is 0 Å². The van der Waals surface area contributed by atoms with Crippen LogP contribution in [0.25, 0.3) is 0 Å². The summed E-state index contributed by atoms with van der Waals surface area (Å²) in [5, 5.41) is 0. The maximum Gasteiger partial charge on any atom is 0.314 e. The van der Waals surface area contributed by atoms with Crippen LogP contribution in [-0.2, 0) is 4.57 Å². The van der Waals surface area contributed by atoms with E-state index in [4.69, 9.17) is 14.4 Å². The molecule has 0 atom stereocenters. The average Bonchev–Trinajstić information content (AvgIpc) is 2.15. The molecule has 0 unspecified atom stereocenters. The van der Waals surface area contributed by atoms with E-state index < -0.39 is 8.25 Å². The summed E-state index contributed by atoms with van der Waals surface area (Å²) in [6.45, 7) is 2.42. The van der Waals surface area contributed by atoms with Crippen molar-refractivity contribution in [3.05, 3.63) is 0 Å². The minimum Gasteiger partial charge on any atom is -0.326 e. The SMILES string of the molecule is CC1CCCCCCCCC1.O=[PH](O)O. The van der Waals surface area contributed by atoms with E-state index in [1.807, 2.05) is 0 Å². The quantitative estimate of drug-likeness (QED) is 0.633. The second kappa shape index (κ2) is 10.7. The highest BCUT2D eigenvalue weighted by Gasteiger charge is 2.03. The first-order valence-corrected chi connectivity index (χ1v) is 7.35. The van der Waals surface area contributed by atoms with Gasteiger partial charge in [-0.15, -0.1) is 0 Å². The minimum absolute atomic E-state index is 1.01. The predicted molar refractivity (Wildman–Crippen MR) is 64.2 cm³/mol. The highest BCUT2D eigenvalue weighted by molar-refractivity contribution is 7.30. The highest BCUT2D eigenvalue weighted by atomic mass is 31.1. The van der Waals surface area contributed by atoms with Gasteiger partial charge in [0.05, 0.1) is 0 Å². The Morgan fingerprint density at radius 1 is 0.867 bits per heavy atom. The van der Waals surface area contributed by atoms with Crippen molar-refractivity contribution in [2.24, 2.45) is 5.92 Å². The largest absolute Gasteiger partial charge is 0.326 e. The molecule has 92 valence electrons. The van der Waals surface area contributed by atoms with Gasteiger partial charge in [0.25, 0.3) is 0 Å². The molecule has 0 aromatic rings. The normalized spacial score (nSPS) is 20.5. The van der Waals surface area contributed by atoms with Crippen molar-refractivity contribution in [2.45, 2.75) is 64.7 Å². The van der Waals surface area contributed by atoms with Gasteiger partial charge in [0.15, 0.2) is 0 Å². The van der Waals surface area contributed by atoms with Gasteiger partial charge >= 0.3 is 8.25 Å². The Morgan fingerprint density at radius 3 is 1.47 bits per heavy atom. The maximum atomic E-state index is 8.74. The Bertz CT molecular complexity index is 148. The van der Waals surface area contributed by atoms with Crippen molar-refractivity contribution in [1.82, 2.24) is 0 Å². The van der Waals surface area contributed by atoms with E-state index in [1.165, 1.54) is 57.8 Å². The lowest BCUT2D eigenvalue weighted by Crippen LogP contribution is -1.96. The van der Waals surface area contributed by atoms with E-state index in [0.717, 1.165) is 5.92 Å². The van der Waals surface area contributed by atoms with E-state index in [0.29, 0.717) is 0 Å². The lowest BCUT2D eigenvalue weighted by atomic mass is 9.94. The third kappa shape index (κ3) is 14.2. The molecule has 0 spiro atoms. The van der Waals surface area contributed by atoms with Gasteiger partial charge in [-0.1, -0.05) is 64.7 Å². The second-order valence-electron chi connectivity index (χ2n) is 4.44. The summed E-state index contributed by atoms with van der Waals surface area (Å²) in [7, 11) is -3.13. The molecule has 0 aliphatic heterocycles. The molecular weight excluding hydrogens is 211 g/mol. The second-order valence-corrected chi connectivity index (χ2v) is 5.01. The van der Waals surface area contributed by atoms with E-state index in [2.05, 4.69) is 6.92 Å². The molecule has 2 N–H and O–H groups in total. The van der Waals surface area contributed by atoms with Gasteiger partial charge in [-0.3, -0.25) is 4.57 Å². The Hall–Kier alpha value is 0.150. The van der Waals surface area contributed by atoms with Gasteiger partial charge < -0.3 is 9.79 Å². The van der Waals surface area contributed by atoms with Crippen molar-refractivity contribution in [3.8, 4) is 0 Å². The van der Waals surface area contributed by atoms with E-state index >= 15 is 0 Å². The fourth-order valence-electron chi connectivity index (χ4n) is 2.01. The van der Waals surface area contributed by atoms with Crippen LogP contribution in [0.4, 0.5) is 0 Å². The summed E-state index contributed by atoms with van der Waals surface area (Å²) >= 11 is 0. The zero-order chi connectivity index (χ0) is 11.5. The topological polar surface area (TPSA) is 57.5 Å². The van der Waals surface area contributed by atoms with Gasteiger partial charge in [-0.2, -0.15) is 0 Å². The molecule has 4 heteroatoms. The summed E-state index contributed by atoms with van der Waals surface area (Å²) in [6, 6.07) is 0. The molecule has 0 bridgehead atoms. The predicted octanol–water partition coefficient (Wildman–Crippen LogP) is 3.51. The third-order valence-corrected chi connectivity index (χ3v) is 2.89. The van der Waals surface area contributed by atoms with E-state index in [9.17, 15) is 0 Å². The standard InChI is InChI=1S/C11H22.H3O3P/c1-11-9-7-5-3-2-4-6-8-10-11;1-4(2)3/h11H,2-10H2,1H3;4H,(H2,1,2,3). The molecule has 15 heavy (non-hydrogen) atoms. The van der Waals surface area contributed by atoms with Gasteiger partial charge in [0.1, 0.15) is 0 Å². The van der Waals surface area contributed by atoms with Crippen LogP contribution in [0.1, 0.15) is 64.7 Å². The lowest BCUT2D eigenvalue weighted by Gasteiger charge is -2.12. The zero-order valence-corrected chi connectivity index (χ0v) is 10.7. The van der Waals surface area contributed by atoms with Crippen LogP contribution in [-0.4, -0.2) is 9.79 Å². The molecule has 0 aromatic carbocycles. The van der Waals surface area contributed by atoms with E-state index in [-0.39, 0.29) is 0 Å². The van der Waals surface area contributed by atoms with E-state index in [1.54, 1.807) is 0 Å². The summed E-state index contributed by atoms with van der Waals surface area (Å²) in [6.07, 6.45) is 13.4. The van der Waals surface area contributed by atoms with Gasteiger partial charge in [-0.05, 0) is 5.92 Å². The molecule has 1 rings (SSSR count). The van der Waals surface area contributed by atoms with Gasteiger partial charge in [0, 0.05) is 0 Å². The summed E-state index contributed by atoms with van der Waals surface area (Å²) in [5.41, 5.74) is 0. The van der Waals surface area contributed by atoms with Crippen molar-refractivity contribution < 1.29 is 14.4 Å². The van der Waals surface area contributed by atoms with Crippen LogP contribution in [0, 0.1) is 5.92 Å². The first-order chi connectivity index (χ1) is 7.13. The molecule has 0 radical (unpaired) electrons. The Morgan fingerprint density at radius 2 is 1.13 bits per heavy atom. The minimum atomic E-state index is -3.13. The van der Waals surface area contributed by atoms with Crippen LogP contribution in [0.2, 0.25) is 0 Å². The summed E-state index contributed by atoms with van der Waals surface area (Å²) in [5.74, 6) is 1.01. The van der Waals surface area contributed by atoms with Crippen LogP contribution >= 0.6 is 8.25 Å². The highest BCUT2D eigenvalue weighted by Crippen LogP contribution is 2.20. The molecule has 1 fully saturated rings. The Kier molecular flexibility index (Phi) is 10.8. The smallest absolute Gasteiger partial charge is 0.314 e. The molecule has 1 saturated carbocycles. The summed E-state index contributed by atoms with van der Waals surface area (Å²) < 4.78 is 8.74. The van der Waals surface area contributed by atoms with Gasteiger partial charge in [-0.25, -0.2) is 0 Å². The fraction of sp³-hybridized carbons (Fsp3) is 1.00. The lowest BCUT2D eigenvalue weighted by molar-refractivity contribution is 0.405. The van der Waals surface area contributed by atoms with Crippen molar-refractivity contribution in [3.63, 3.8) is 0 Å². The fourth-order valence-corrected chi connectivity index (χ4v) is 2.01. The monoisotopic (exact) mass is 236 g/mol.